The quantitative estimate of drug-likeness (QED) is 0.863. The van der Waals surface area contributed by atoms with Crippen molar-refractivity contribution in [3.8, 4) is 0 Å². The van der Waals surface area contributed by atoms with Crippen molar-refractivity contribution in [3.63, 3.8) is 0 Å². The molecule has 2 N–H and O–H groups in total. The van der Waals surface area contributed by atoms with Gasteiger partial charge in [-0.3, -0.25) is 4.90 Å². The summed E-state index contributed by atoms with van der Waals surface area (Å²) < 4.78 is 27.7. The van der Waals surface area contributed by atoms with Crippen molar-refractivity contribution in [2.24, 2.45) is 5.14 Å². The summed E-state index contributed by atoms with van der Waals surface area (Å²) in [4.78, 5) is 6.42. The number of hydrogen-bond acceptors (Lipinski definition) is 6. The second-order valence-electron chi connectivity index (χ2n) is 5.16. The van der Waals surface area contributed by atoms with E-state index < -0.39 is 10.0 Å². The monoisotopic (exact) mass is 324 g/mol. The standard InChI is InChI=1S/C14H20N4O3S/c1-4-13-16-14(21-17-13)9-18(3)10(2)11-5-7-12(8-6-11)22(15,19)20/h5-8,10H,4,9H2,1-3H3,(H2,15,19,20). The summed E-state index contributed by atoms with van der Waals surface area (Å²) in [6, 6.07) is 6.60. The van der Waals surface area contributed by atoms with E-state index in [1.54, 1.807) is 12.1 Å². The maximum absolute atomic E-state index is 11.3. The third-order valence-corrected chi connectivity index (χ3v) is 4.49. The number of hydrogen-bond donors (Lipinski definition) is 1. The second-order valence-corrected chi connectivity index (χ2v) is 6.72. The first-order valence-corrected chi connectivity index (χ1v) is 8.50. The maximum Gasteiger partial charge on any atom is 0.240 e. The minimum Gasteiger partial charge on any atom is -0.338 e. The normalized spacial score (nSPS) is 13.5. The number of benzene rings is 1. The molecule has 0 radical (unpaired) electrons. The Labute approximate surface area is 130 Å². The van der Waals surface area contributed by atoms with E-state index in [1.165, 1.54) is 12.1 Å². The fourth-order valence-electron chi connectivity index (χ4n) is 2.04. The molecule has 2 rings (SSSR count). The van der Waals surface area contributed by atoms with E-state index in [9.17, 15) is 8.42 Å². The van der Waals surface area contributed by atoms with E-state index in [-0.39, 0.29) is 10.9 Å². The van der Waals surface area contributed by atoms with Crippen LogP contribution >= 0.6 is 0 Å². The van der Waals surface area contributed by atoms with Crippen molar-refractivity contribution in [1.29, 1.82) is 0 Å². The lowest BCUT2D eigenvalue weighted by atomic mass is 10.1. The third-order valence-electron chi connectivity index (χ3n) is 3.56. The molecule has 22 heavy (non-hydrogen) atoms. The number of aromatic nitrogens is 2. The Hall–Kier alpha value is -1.77. The number of primary sulfonamides is 1. The van der Waals surface area contributed by atoms with Gasteiger partial charge in [0.2, 0.25) is 15.9 Å². The summed E-state index contributed by atoms with van der Waals surface area (Å²) in [5.74, 6) is 1.25. The average molecular weight is 324 g/mol. The summed E-state index contributed by atoms with van der Waals surface area (Å²) >= 11 is 0. The van der Waals surface area contributed by atoms with Crippen LogP contribution in [0.2, 0.25) is 0 Å². The van der Waals surface area contributed by atoms with Crippen LogP contribution < -0.4 is 5.14 Å². The Morgan fingerprint density at radius 2 is 1.95 bits per heavy atom. The molecule has 0 bridgehead atoms. The van der Waals surface area contributed by atoms with E-state index in [0.717, 1.165) is 12.0 Å². The van der Waals surface area contributed by atoms with E-state index in [0.29, 0.717) is 18.3 Å². The van der Waals surface area contributed by atoms with Crippen molar-refractivity contribution in [3.05, 3.63) is 41.5 Å². The van der Waals surface area contributed by atoms with Gasteiger partial charge >= 0.3 is 0 Å². The van der Waals surface area contributed by atoms with Gasteiger partial charge in [-0.15, -0.1) is 0 Å². The molecule has 120 valence electrons. The molecule has 1 atom stereocenters. The highest BCUT2D eigenvalue weighted by Gasteiger charge is 2.16. The number of nitrogens with two attached hydrogens (primary N) is 1. The topological polar surface area (TPSA) is 102 Å². The molecule has 0 aliphatic heterocycles. The van der Waals surface area contributed by atoms with E-state index in [2.05, 4.69) is 10.1 Å². The highest BCUT2D eigenvalue weighted by atomic mass is 32.2. The molecule has 1 aromatic heterocycles. The summed E-state index contributed by atoms with van der Waals surface area (Å²) in [5.41, 5.74) is 0.977. The number of aryl methyl sites for hydroxylation is 1. The van der Waals surface area contributed by atoms with Crippen LogP contribution in [0.3, 0.4) is 0 Å². The highest BCUT2D eigenvalue weighted by molar-refractivity contribution is 7.89. The first kappa shape index (κ1) is 16.6. The molecule has 0 aliphatic rings. The fourth-order valence-corrected chi connectivity index (χ4v) is 2.55. The van der Waals surface area contributed by atoms with Gasteiger partial charge in [0.05, 0.1) is 11.4 Å². The predicted octanol–water partition coefficient (Wildman–Crippen LogP) is 1.47. The van der Waals surface area contributed by atoms with Crippen molar-refractivity contribution in [1.82, 2.24) is 15.0 Å². The Morgan fingerprint density at radius 1 is 1.32 bits per heavy atom. The molecule has 0 amide bonds. The highest BCUT2D eigenvalue weighted by Crippen LogP contribution is 2.21. The smallest absolute Gasteiger partial charge is 0.240 e. The van der Waals surface area contributed by atoms with Gasteiger partial charge in [0.25, 0.3) is 0 Å². The third kappa shape index (κ3) is 3.90. The van der Waals surface area contributed by atoms with Gasteiger partial charge in [0.15, 0.2) is 5.82 Å². The van der Waals surface area contributed by atoms with Crippen LogP contribution in [0.1, 0.15) is 37.2 Å². The molecule has 8 heteroatoms. The van der Waals surface area contributed by atoms with Crippen molar-refractivity contribution in [2.45, 2.75) is 37.8 Å². The molecule has 0 fully saturated rings. The van der Waals surface area contributed by atoms with Crippen LogP contribution in [0.5, 0.6) is 0 Å². The van der Waals surface area contributed by atoms with E-state index >= 15 is 0 Å². The van der Waals surface area contributed by atoms with Gasteiger partial charge in [-0.25, -0.2) is 13.6 Å². The zero-order valence-corrected chi connectivity index (χ0v) is 13.7. The molecular formula is C14H20N4O3S. The largest absolute Gasteiger partial charge is 0.338 e. The maximum atomic E-state index is 11.3. The lowest BCUT2D eigenvalue weighted by Crippen LogP contribution is -2.22. The number of rotatable bonds is 6. The van der Waals surface area contributed by atoms with Crippen LogP contribution in [-0.4, -0.2) is 30.5 Å². The Bertz CT molecular complexity index is 725. The zero-order valence-electron chi connectivity index (χ0n) is 12.9. The minimum atomic E-state index is -3.66. The van der Waals surface area contributed by atoms with Crippen molar-refractivity contribution < 1.29 is 12.9 Å². The van der Waals surface area contributed by atoms with Crippen molar-refractivity contribution in [2.75, 3.05) is 7.05 Å². The Balaban J connectivity index is 2.08. The molecular weight excluding hydrogens is 304 g/mol. The van der Waals surface area contributed by atoms with Crippen molar-refractivity contribution >= 4 is 10.0 Å². The molecule has 0 spiro atoms. The first-order chi connectivity index (χ1) is 10.3. The summed E-state index contributed by atoms with van der Waals surface area (Å²) in [6.07, 6.45) is 0.734. The van der Waals surface area contributed by atoms with E-state index in [1.807, 2.05) is 25.8 Å². The molecule has 2 aromatic rings. The van der Waals surface area contributed by atoms with Gasteiger partial charge in [-0.2, -0.15) is 4.98 Å². The first-order valence-electron chi connectivity index (χ1n) is 6.95. The molecule has 0 saturated carbocycles. The van der Waals surface area contributed by atoms with Gasteiger partial charge in [-0.05, 0) is 31.7 Å². The SMILES string of the molecule is CCc1noc(CN(C)C(C)c2ccc(S(N)(=O)=O)cc2)n1. The second kappa shape index (κ2) is 6.55. The summed E-state index contributed by atoms with van der Waals surface area (Å²) in [7, 11) is -1.72. The van der Waals surface area contributed by atoms with Crippen LogP contribution in [0.4, 0.5) is 0 Å². The molecule has 1 aromatic carbocycles. The predicted molar refractivity (Wildman–Crippen MR) is 81.4 cm³/mol. The molecule has 1 heterocycles. The lowest BCUT2D eigenvalue weighted by Gasteiger charge is -2.23. The van der Waals surface area contributed by atoms with Gasteiger partial charge in [0, 0.05) is 12.5 Å². The van der Waals surface area contributed by atoms with Gasteiger partial charge < -0.3 is 4.52 Å². The van der Waals surface area contributed by atoms with Gasteiger partial charge in [-0.1, -0.05) is 24.2 Å². The Kier molecular flexibility index (Phi) is 4.94. The molecule has 0 aliphatic carbocycles. The van der Waals surface area contributed by atoms with Crippen LogP contribution in [0.15, 0.2) is 33.7 Å². The lowest BCUT2D eigenvalue weighted by molar-refractivity contribution is 0.216. The molecule has 1 unspecified atom stereocenters. The average Bonchev–Trinajstić information content (AvgIpc) is 2.93. The Morgan fingerprint density at radius 3 is 2.45 bits per heavy atom. The van der Waals surface area contributed by atoms with Crippen LogP contribution in [-0.2, 0) is 23.0 Å². The number of nitrogens with zero attached hydrogens (tertiary/aromatic N) is 3. The summed E-state index contributed by atoms with van der Waals surface area (Å²) in [5, 5.41) is 8.96. The van der Waals surface area contributed by atoms with Crippen LogP contribution in [0.25, 0.3) is 0 Å². The zero-order chi connectivity index (χ0) is 16.3. The van der Waals surface area contributed by atoms with Gasteiger partial charge in [0.1, 0.15) is 0 Å². The summed E-state index contributed by atoms with van der Waals surface area (Å²) in [6.45, 7) is 4.50. The molecule has 7 nitrogen and oxygen atoms in total. The number of sulfonamides is 1. The molecule has 0 saturated heterocycles. The minimum absolute atomic E-state index is 0.0616. The van der Waals surface area contributed by atoms with Crippen LogP contribution in [0, 0.1) is 0 Å². The fraction of sp³-hybridized carbons (Fsp3) is 0.429. The van der Waals surface area contributed by atoms with E-state index in [4.69, 9.17) is 9.66 Å².